The van der Waals surface area contributed by atoms with Gasteiger partial charge in [0, 0.05) is 13.0 Å². The largest absolute Gasteiger partial charge is 0.481 e. The van der Waals surface area contributed by atoms with Gasteiger partial charge in [0.25, 0.3) is 0 Å². The Labute approximate surface area is 255 Å². The molecule has 0 aromatic heterocycles. The third kappa shape index (κ3) is 13.1. The van der Waals surface area contributed by atoms with Gasteiger partial charge in [-0.2, -0.15) is 7.05 Å². The van der Waals surface area contributed by atoms with E-state index in [-0.39, 0.29) is 31.8 Å². The van der Waals surface area contributed by atoms with Crippen molar-refractivity contribution in [3.63, 3.8) is 0 Å². The first-order valence-electron chi connectivity index (χ1n) is 14.4. The van der Waals surface area contributed by atoms with Crippen molar-refractivity contribution in [2.24, 2.45) is 16.5 Å². The fourth-order valence-corrected chi connectivity index (χ4v) is 4.47. The smallest absolute Gasteiger partial charge is 0.305 e. The number of amides is 5. The number of benzene rings is 1. The number of guanidine groups is 1. The Morgan fingerprint density at radius 1 is 0.841 bits per heavy atom. The van der Waals surface area contributed by atoms with Crippen LogP contribution >= 0.6 is 0 Å². The molecule has 4 unspecified atom stereocenters. The van der Waals surface area contributed by atoms with E-state index in [9.17, 15) is 33.9 Å². The van der Waals surface area contributed by atoms with Crippen LogP contribution in [0.2, 0.25) is 0 Å². The molecule has 0 radical (unpaired) electrons. The van der Waals surface area contributed by atoms with Crippen LogP contribution in [0.5, 0.6) is 0 Å². The minimum absolute atomic E-state index is 0.0183. The zero-order valence-corrected chi connectivity index (χ0v) is 24.6. The molecule has 16 heteroatoms. The number of unbranched alkanes of at least 4 members (excludes halogenated alkanes) is 1. The molecule has 12 N–H and O–H groups in total. The van der Waals surface area contributed by atoms with Gasteiger partial charge in [0.05, 0.1) is 19.5 Å². The van der Waals surface area contributed by atoms with Crippen molar-refractivity contribution in [2.75, 3.05) is 19.6 Å². The number of aliphatic carboxylic acids is 1. The lowest BCUT2D eigenvalue weighted by Crippen LogP contribution is -2.76. The lowest BCUT2D eigenvalue weighted by atomic mass is 10.0. The molecule has 0 saturated carbocycles. The maximum atomic E-state index is 13.6. The molecule has 1 aromatic carbocycles. The van der Waals surface area contributed by atoms with Gasteiger partial charge in [-0.1, -0.05) is 30.3 Å². The Hall–Kier alpha value is -4.73. The molecule has 44 heavy (non-hydrogen) atoms. The molecule has 2 rings (SSSR count). The summed E-state index contributed by atoms with van der Waals surface area (Å²) in [5.74, 6) is -5.30. The number of carboxylic acids is 1. The Morgan fingerprint density at radius 3 is 2.07 bits per heavy atom. The molecule has 0 aliphatic carbocycles. The van der Waals surface area contributed by atoms with Gasteiger partial charge < -0.3 is 48.5 Å². The maximum absolute atomic E-state index is 13.6. The number of rotatable bonds is 13. The molecule has 1 aromatic rings. The van der Waals surface area contributed by atoms with E-state index in [4.69, 9.17) is 11.5 Å². The first-order valence-corrected chi connectivity index (χ1v) is 14.4. The van der Waals surface area contributed by atoms with Gasteiger partial charge in [-0.05, 0) is 37.7 Å². The predicted molar refractivity (Wildman–Crippen MR) is 159 cm³/mol. The lowest BCUT2D eigenvalue weighted by Gasteiger charge is -2.26. The van der Waals surface area contributed by atoms with Crippen LogP contribution in [0.15, 0.2) is 35.3 Å². The number of hydrogen-bond acceptors (Lipinski definition) is 7. The van der Waals surface area contributed by atoms with Crippen LogP contribution < -0.4 is 43.4 Å². The maximum Gasteiger partial charge on any atom is 0.305 e. The standard InChI is InChI=1S/C28H43N9O7/c1-31-12-6-5-10-19-25(42)35-18(11-7-13-32-28(29)30)24(41)33-16-22(38)34-21(15-23(39)40)27(44)37-20(26(43)36-19)14-17-8-3-2-4-9-17/h2-4,8-9,18-21H,1,5-7,10-16,31H2,(H,33,41)(H,34,38)(H,35,42)(H,36,43)(H,37,44)(H,39,40)(H4,29,30,32). The molecule has 16 nitrogen and oxygen atoms in total. The van der Waals surface area contributed by atoms with Crippen molar-refractivity contribution < 1.29 is 39.2 Å². The fourth-order valence-electron chi connectivity index (χ4n) is 4.47. The zero-order valence-electron chi connectivity index (χ0n) is 24.6. The van der Waals surface area contributed by atoms with Gasteiger partial charge in [-0.25, -0.2) is 0 Å². The van der Waals surface area contributed by atoms with Crippen LogP contribution in [0.25, 0.3) is 0 Å². The number of carbonyl (C=O) groups is 6. The van der Waals surface area contributed by atoms with E-state index in [0.29, 0.717) is 31.4 Å². The number of aliphatic imine (C=N–C) groups is 1. The summed E-state index contributed by atoms with van der Waals surface area (Å²) in [6.07, 6.45) is 1.11. The second kappa shape index (κ2) is 18.7. The van der Waals surface area contributed by atoms with E-state index < -0.39 is 72.6 Å². The van der Waals surface area contributed by atoms with Crippen LogP contribution in [-0.2, 0) is 35.2 Å². The number of carbonyl (C=O) groups excluding carboxylic acids is 5. The summed E-state index contributed by atoms with van der Waals surface area (Å²) < 4.78 is 0. The Bertz CT molecular complexity index is 1180. The number of nitrogens with one attached hydrogen (secondary N) is 5. The fraction of sp³-hybridized carbons (Fsp3) is 0.500. The van der Waals surface area contributed by atoms with Gasteiger partial charge in [-0.3, -0.25) is 33.8 Å². The van der Waals surface area contributed by atoms with Gasteiger partial charge in [-0.15, -0.1) is 0 Å². The summed E-state index contributed by atoms with van der Waals surface area (Å²) >= 11 is 0. The van der Waals surface area contributed by atoms with Crippen molar-refractivity contribution in [1.29, 1.82) is 0 Å². The molecular formula is C28H43N9O7. The average molecular weight is 618 g/mol. The molecule has 0 spiro atoms. The van der Waals surface area contributed by atoms with Crippen molar-refractivity contribution in [3.05, 3.63) is 42.9 Å². The van der Waals surface area contributed by atoms with Crippen molar-refractivity contribution in [3.8, 4) is 0 Å². The highest BCUT2D eigenvalue weighted by molar-refractivity contribution is 5.98. The topological polar surface area (TPSA) is 264 Å². The first kappa shape index (κ1) is 35.5. The number of carboxylic acid groups (broad SMARTS) is 1. The molecule has 1 aliphatic rings. The van der Waals surface area contributed by atoms with E-state index in [0.717, 1.165) is 0 Å². The van der Waals surface area contributed by atoms with E-state index >= 15 is 0 Å². The Morgan fingerprint density at radius 2 is 1.43 bits per heavy atom. The third-order valence-corrected chi connectivity index (χ3v) is 6.73. The SMILES string of the molecule is [CH2-][NH2+]CCCCC1NC(=O)C(Cc2ccccc2)NC(=O)C(CC(=O)O)NC(=O)CNC(=O)C(CCCN=C(N)N)NC1=O. The number of hydrogen-bond donors (Lipinski definition) is 9. The highest BCUT2D eigenvalue weighted by Gasteiger charge is 2.33. The van der Waals surface area contributed by atoms with E-state index in [1.807, 2.05) is 0 Å². The molecule has 0 bridgehead atoms. The minimum atomic E-state index is -1.54. The van der Waals surface area contributed by atoms with Crippen LogP contribution in [0.3, 0.4) is 0 Å². The Kier molecular flexibility index (Phi) is 15.1. The molecule has 242 valence electrons. The van der Waals surface area contributed by atoms with Crippen LogP contribution in [0.1, 0.15) is 44.1 Å². The van der Waals surface area contributed by atoms with Crippen LogP contribution in [-0.4, -0.2) is 90.4 Å². The monoisotopic (exact) mass is 617 g/mol. The molecule has 1 aliphatic heterocycles. The van der Waals surface area contributed by atoms with E-state index in [1.54, 1.807) is 35.6 Å². The lowest BCUT2D eigenvalue weighted by molar-refractivity contribution is -0.595. The van der Waals surface area contributed by atoms with E-state index in [2.05, 4.69) is 38.6 Å². The van der Waals surface area contributed by atoms with Crippen molar-refractivity contribution in [2.45, 2.75) is 69.1 Å². The summed E-state index contributed by atoms with van der Waals surface area (Å²) in [5.41, 5.74) is 11.4. The number of nitrogens with zero attached hydrogens (tertiary/aromatic N) is 1. The average Bonchev–Trinajstić information content (AvgIpc) is 2.97. The van der Waals surface area contributed by atoms with E-state index in [1.165, 1.54) is 0 Å². The molecular weight excluding hydrogens is 574 g/mol. The number of nitrogens with two attached hydrogens (primary N) is 3. The molecule has 4 atom stereocenters. The van der Waals surface area contributed by atoms with Gasteiger partial charge >= 0.3 is 5.97 Å². The molecule has 1 saturated heterocycles. The first-order chi connectivity index (χ1) is 21.0. The van der Waals surface area contributed by atoms with Crippen LogP contribution in [0.4, 0.5) is 0 Å². The summed E-state index contributed by atoms with van der Waals surface area (Å²) in [5, 5.41) is 23.7. The zero-order chi connectivity index (χ0) is 32.5. The second-order valence-corrected chi connectivity index (χ2v) is 10.3. The molecule has 1 fully saturated rings. The van der Waals surface area contributed by atoms with Crippen molar-refractivity contribution >= 4 is 41.5 Å². The highest BCUT2D eigenvalue weighted by Crippen LogP contribution is 2.09. The third-order valence-electron chi connectivity index (χ3n) is 6.73. The summed E-state index contributed by atoms with van der Waals surface area (Å²) in [4.78, 5) is 81.4. The highest BCUT2D eigenvalue weighted by atomic mass is 16.4. The van der Waals surface area contributed by atoms with Gasteiger partial charge in [0.15, 0.2) is 5.96 Å². The van der Waals surface area contributed by atoms with Crippen LogP contribution in [0, 0.1) is 7.05 Å². The van der Waals surface area contributed by atoms with Gasteiger partial charge in [0.1, 0.15) is 24.2 Å². The molecule has 5 amide bonds. The number of quaternary nitrogens is 1. The second-order valence-electron chi connectivity index (χ2n) is 10.3. The minimum Gasteiger partial charge on any atom is -0.481 e. The Balaban J connectivity index is 2.44. The molecule has 1 heterocycles. The summed E-state index contributed by atoms with van der Waals surface area (Å²) in [7, 11) is 3.69. The quantitative estimate of drug-likeness (QED) is 0.0457. The van der Waals surface area contributed by atoms with Crippen molar-refractivity contribution in [1.82, 2.24) is 26.6 Å². The summed E-state index contributed by atoms with van der Waals surface area (Å²) in [6.45, 7) is 0.269. The normalized spacial score (nSPS) is 21.8. The predicted octanol–water partition coefficient (Wildman–Crippen LogP) is -3.65. The summed E-state index contributed by atoms with van der Waals surface area (Å²) in [6, 6.07) is 3.82. The van der Waals surface area contributed by atoms with Gasteiger partial charge in [0.2, 0.25) is 29.5 Å².